The van der Waals surface area contributed by atoms with Gasteiger partial charge >= 0.3 is 0 Å². The number of aromatic nitrogens is 1. The third-order valence-electron chi connectivity index (χ3n) is 3.39. The van der Waals surface area contributed by atoms with Crippen LogP contribution in [0.3, 0.4) is 0 Å². The van der Waals surface area contributed by atoms with Gasteiger partial charge in [-0.2, -0.15) is 0 Å². The molecule has 0 aliphatic rings. The second-order valence-corrected chi connectivity index (χ2v) is 4.79. The summed E-state index contributed by atoms with van der Waals surface area (Å²) in [6, 6.07) is 17.9. The van der Waals surface area contributed by atoms with E-state index in [4.69, 9.17) is 5.73 Å². The fraction of sp³-hybridized carbons (Fsp3) is 0.0588. The molecule has 0 saturated heterocycles. The minimum Gasteiger partial charge on any atom is -0.366 e. The SMILES string of the molecule is NC(=O)c1ccc(NCc2cccc3ccccc23)nc1. The first-order valence-electron chi connectivity index (χ1n) is 6.70. The Labute approximate surface area is 122 Å². The van der Waals surface area contributed by atoms with Crippen molar-refractivity contribution >= 4 is 22.5 Å². The lowest BCUT2D eigenvalue weighted by molar-refractivity contribution is 0.1000. The molecule has 21 heavy (non-hydrogen) atoms. The van der Waals surface area contributed by atoms with E-state index >= 15 is 0 Å². The predicted octanol–water partition coefficient (Wildman–Crippen LogP) is 2.95. The topological polar surface area (TPSA) is 68.0 Å². The number of primary amides is 1. The van der Waals surface area contributed by atoms with Gasteiger partial charge in [0.25, 0.3) is 0 Å². The predicted molar refractivity (Wildman–Crippen MR) is 84.0 cm³/mol. The van der Waals surface area contributed by atoms with Crippen molar-refractivity contribution in [3.63, 3.8) is 0 Å². The lowest BCUT2D eigenvalue weighted by atomic mass is 10.0. The largest absolute Gasteiger partial charge is 0.366 e. The van der Waals surface area contributed by atoms with E-state index < -0.39 is 5.91 Å². The zero-order valence-electron chi connectivity index (χ0n) is 11.4. The molecule has 0 bridgehead atoms. The molecule has 0 unspecified atom stereocenters. The molecule has 1 amide bonds. The van der Waals surface area contributed by atoms with Gasteiger partial charge < -0.3 is 11.1 Å². The van der Waals surface area contributed by atoms with Crippen molar-refractivity contribution in [1.29, 1.82) is 0 Å². The minimum atomic E-state index is -0.469. The van der Waals surface area contributed by atoms with Crippen LogP contribution in [0.25, 0.3) is 10.8 Å². The highest BCUT2D eigenvalue weighted by Gasteiger charge is 2.03. The fourth-order valence-electron chi connectivity index (χ4n) is 2.28. The Morgan fingerprint density at radius 1 is 1.05 bits per heavy atom. The zero-order valence-corrected chi connectivity index (χ0v) is 11.4. The summed E-state index contributed by atoms with van der Waals surface area (Å²) < 4.78 is 0. The Kier molecular flexibility index (Phi) is 3.51. The summed E-state index contributed by atoms with van der Waals surface area (Å²) in [6.45, 7) is 0.671. The Balaban J connectivity index is 1.79. The molecule has 1 aromatic heterocycles. The molecule has 2 aromatic carbocycles. The van der Waals surface area contributed by atoms with Gasteiger partial charge in [0, 0.05) is 12.7 Å². The van der Waals surface area contributed by atoms with Crippen molar-refractivity contribution in [2.45, 2.75) is 6.54 Å². The molecule has 3 N–H and O–H groups in total. The molecule has 0 saturated carbocycles. The number of fused-ring (bicyclic) bond motifs is 1. The highest BCUT2D eigenvalue weighted by molar-refractivity contribution is 5.92. The van der Waals surface area contributed by atoms with Crippen LogP contribution >= 0.6 is 0 Å². The Bertz CT molecular complexity index is 776. The summed E-state index contributed by atoms with van der Waals surface area (Å²) in [6.07, 6.45) is 1.48. The maximum atomic E-state index is 11.0. The molecule has 0 aliphatic carbocycles. The molecule has 104 valence electrons. The lowest BCUT2D eigenvalue weighted by Gasteiger charge is -2.09. The number of pyridine rings is 1. The second-order valence-electron chi connectivity index (χ2n) is 4.79. The minimum absolute atomic E-state index is 0.408. The van der Waals surface area contributed by atoms with Gasteiger partial charge in [0.15, 0.2) is 0 Å². The second kappa shape index (κ2) is 5.63. The molecule has 0 radical (unpaired) electrons. The molecule has 0 aliphatic heterocycles. The number of carbonyl (C=O) groups is 1. The maximum Gasteiger partial charge on any atom is 0.250 e. The molecule has 0 spiro atoms. The van der Waals surface area contributed by atoms with E-state index in [9.17, 15) is 4.79 Å². The van der Waals surface area contributed by atoms with Gasteiger partial charge in [0.2, 0.25) is 5.91 Å². The number of rotatable bonds is 4. The number of hydrogen-bond acceptors (Lipinski definition) is 3. The van der Waals surface area contributed by atoms with Gasteiger partial charge in [-0.25, -0.2) is 4.98 Å². The molecule has 3 aromatic rings. The van der Waals surface area contributed by atoms with Crippen molar-refractivity contribution in [2.24, 2.45) is 5.73 Å². The summed E-state index contributed by atoms with van der Waals surface area (Å²) in [5.74, 6) is 0.246. The first kappa shape index (κ1) is 13.1. The van der Waals surface area contributed by atoms with Crippen LogP contribution in [0, 0.1) is 0 Å². The van der Waals surface area contributed by atoms with Gasteiger partial charge in [-0.05, 0) is 28.5 Å². The molecule has 4 nitrogen and oxygen atoms in total. The number of benzene rings is 2. The van der Waals surface area contributed by atoms with Crippen LogP contribution in [0.15, 0.2) is 60.8 Å². The van der Waals surface area contributed by atoms with E-state index in [2.05, 4.69) is 34.6 Å². The third-order valence-corrected chi connectivity index (χ3v) is 3.39. The number of carbonyl (C=O) groups excluding carboxylic acids is 1. The first-order valence-corrected chi connectivity index (χ1v) is 6.70. The number of amides is 1. The summed E-state index contributed by atoms with van der Waals surface area (Å²) in [7, 11) is 0. The van der Waals surface area contributed by atoms with E-state index in [1.807, 2.05) is 18.2 Å². The van der Waals surface area contributed by atoms with Crippen molar-refractivity contribution in [3.05, 3.63) is 71.9 Å². The highest BCUT2D eigenvalue weighted by Crippen LogP contribution is 2.19. The summed E-state index contributed by atoms with van der Waals surface area (Å²) in [4.78, 5) is 15.2. The van der Waals surface area contributed by atoms with Crippen LogP contribution in [-0.2, 0) is 6.54 Å². The van der Waals surface area contributed by atoms with E-state index in [-0.39, 0.29) is 0 Å². The number of nitrogens with two attached hydrogens (primary N) is 1. The molecular formula is C17H15N3O. The van der Waals surface area contributed by atoms with E-state index in [1.54, 1.807) is 12.1 Å². The highest BCUT2D eigenvalue weighted by atomic mass is 16.1. The molecule has 0 atom stereocenters. The number of nitrogens with one attached hydrogen (secondary N) is 1. The van der Waals surface area contributed by atoms with Crippen molar-refractivity contribution in [2.75, 3.05) is 5.32 Å². The Morgan fingerprint density at radius 3 is 2.62 bits per heavy atom. The van der Waals surface area contributed by atoms with Crippen LogP contribution in [0.2, 0.25) is 0 Å². The van der Waals surface area contributed by atoms with Crippen molar-refractivity contribution in [3.8, 4) is 0 Å². The van der Waals surface area contributed by atoms with Crippen LogP contribution < -0.4 is 11.1 Å². The zero-order chi connectivity index (χ0) is 14.7. The fourth-order valence-corrected chi connectivity index (χ4v) is 2.28. The van der Waals surface area contributed by atoms with Crippen LogP contribution in [0.4, 0.5) is 5.82 Å². The van der Waals surface area contributed by atoms with Crippen LogP contribution in [-0.4, -0.2) is 10.9 Å². The molecule has 3 rings (SSSR count). The molecule has 1 heterocycles. The monoisotopic (exact) mass is 277 g/mol. The average Bonchev–Trinajstić information content (AvgIpc) is 2.53. The quantitative estimate of drug-likeness (QED) is 0.770. The van der Waals surface area contributed by atoms with Gasteiger partial charge in [0.1, 0.15) is 5.82 Å². The number of hydrogen-bond donors (Lipinski definition) is 2. The van der Waals surface area contributed by atoms with Gasteiger partial charge in [-0.1, -0.05) is 42.5 Å². The van der Waals surface area contributed by atoms with E-state index in [1.165, 1.54) is 22.5 Å². The summed E-state index contributed by atoms with van der Waals surface area (Å²) >= 11 is 0. The number of anilines is 1. The Morgan fingerprint density at radius 2 is 1.86 bits per heavy atom. The van der Waals surface area contributed by atoms with E-state index in [0.29, 0.717) is 17.9 Å². The standard InChI is InChI=1S/C17H15N3O/c18-17(21)14-8-9-16(20-11-14)19-10-13-6-3-5-12-4-1-2-7-15(12)13/h1-9,11H,10H2,(H2,18,21)(H,19,20). The van der Waals surface area contributed by atoms with Gasteiger partial charge in [0.05, 0.1) is 5.56 Å². The summed E-state index contributed by atoms with van der Waals surface area (Å²) in [5.41, 5.74) is 6.80. The van der Waals surface area contributed by atoms with E-state index in [0.717, 1.165) is 0 Å². The van der Waals surface area contributed by atoms with Crippen LogP contribution in [0.5, 0.6) is 0 Å². The normalized spacial score (nSPS) is 10.5. The van der Waals surface area contributed by atoms with Crippen LogP contribution in [0.1, 0.15) is 15.9 Å². The molecule has 4 heteroatoms. The van der Waals surface area contributed by atoms with Crippen molar-refractivity contribution < 1.29 is 4.79 Å². The number of nitrogens with zero attached hydrogens (tertiary/aromatic N) is 1. The molecular weight excluding hydrogens is 262 g/mol. The Hall–Kier alpha value is -2.88. The smallest absolute Gasteiger partial charge is 0.250 e. The van der Waals surface area contributed by atoms with Crippen molar-refractivity contribution in [1.82, 2.24) is 4.98 Å². The van der Waals surface area contributed by atoms with Gasteiger partial charge in [-0.3, -0.25) is 4.79 Å². The average molecular weight is 277 g/mol. The van der Waals surface area contributed by atoms with Gasteiger partial charge in [-0.15, -0.1) is 0 Å². The maximum absolute atomic E-state index is 11.0. The first-order chi connectivity index (χ1) is 10.2. The third kappa shape index (κ3) is 2.84. The lowest BCUT2D eigenvalue weighted by Crippen LogP contribution is -2.11. The summed E-state index contributed by atoms with van der Waals surface area (Å²) in [5, 5.41) is 5.70. The molecule has 0 fully saturated rings.